The van der Waals surface area contributed by atoms with Crippen molar-refractivity contribution >= 4 is 11.6 Å². The zero-order valence-corrected chi connectivity index (χ0v) is 11.8. The number of rotatable bonds is 2. The van der Waals surface area contributed by atoms with Crippen LogP contribution in [-0.4, -0.2) is 42.1 Å². The van der Waals surface area contributed by atoms with Gasteiger partial charge >= 0.3 is 0 Å². The number of hydrogen-bond donors (Lipinski definition) is 1. The smallest absolute Gasteiger partial charge is 0.192 e. The first-order chi connectivity index (χ1) is 9.78. The number of para-hydroxylation sites is 1. The number of hydrogen-bond acceptors (Lipinski definition) is 4. The molecule has 0 unspecified atom stereocenters. The number of nitrogens with two attached hydrogens (primary N) is 1. The molecule has 1 aromatic rings. The molecule has 0 amide bonds. The van der Waals surface area contributed by atoms with Gasteiger partial charge < -0.3 is 15.5 Å². The van der Waals surface area contributed by atoms with E-state index in [1.54, 1.807) is 0 Å². The Morgan fingerprint density at radius 1 is 1.10 bits per heavy atom. The van der Waals surface area contributed by atoms with Gasteiger partial charge in [0.25, 0.3) is 0 Å². The molecule has 0 aromatic heterocycles. The SMILES string of the molecule is NC1=NCC2(CCN(c3ccccc3)CC2)N1C1CC1. The van der Waals surface area contributed by atoms with Crippen molar-refractivity contribution in [1.29, 1.82) is 0 Å². The summed E-state index contributed by atoms with van der Waals surface area (Å²) in [5.41, 5.74) is 7.69. The summed E-state index contributed by atoms with van der Waals surface area (Å²) in [6.07, 6.45) is 4.92. The van der Waals surface area contributed by atoms with Gasteiger partial charge in [-0.3, -0.25) is 4.99 Å². The maximum absolute atomic E-state index is 6.13. The Kier molecular flexibility index (Phi) is 2.65. The van der Waals surface area contributed by atoms with E-state index in [1.165, 1.54) is 31.4 Å². The minimum Gasteiger partial charge on any atom is -0.371 e. The first-order valence-corrected chi connectivity index (χ1v) is 7.68. The lowest BCUT2D eigenvalue weighted by atomic mass is 9.86. The third-order valence-electron chi connectivity index (χ3n) is 5.02. The van der Waals surface area contributed by atoms with Crippen molar-refractivity contribution in [3.8, 4) is 0 Å². The summed E-state index contributed by atoms with van der Waals surface area (Å²) in [6, 6.07) is 11.4. The lowest BCUT2D eigenvalue weighted by molar-refractivity contribution is 0.153. The lowest BCUT2D eigenvalue weighted by Gasteiger charge is -2.46. The predicted molar refractivity (Wildman–Crippen MR) is 82.0 cm³/mol. The van der Waals surface area contributed by atoms with Crippen LogP contribution in [-0.2, 0) is 0 Å². The predicted octanol–water partition coefficient (Wildman–Crippen LogP) is 1.82. The Balaban J connectivity index is 1.49. The monoisotopic (exact) mass is 270 g/mol. The van der Waals surface area contributed by atoms with E-state index >= 15 is 0 Å². The van der Waals surface area contributed by atoms with Crippen molar-refractivity contribution in [1.82, 2.24) is 4.90 Å². The molecular formula is C16H22N4. The highest BCUT2D eigenvalue weighted by molar-refractivity contribution is 5.81. The molecule has 1 aliphatic carbocycles. The van der Waals surface area contributed by atoms with Crippen LogP contribution >= 0.6 is 0 Å². The highest BCUT2D eigenvalue weighted by Gasteiger charge is 2.49. The van der Waals surface area contributed by atoms with Crippen LogP contribution < -0.4 is 10.6 Å². The van der Waals surface area contributed by atoms with E-state index < -0.39 is 0 Å². The molecular weight excluding hydrogens is 248 g/mol. The first-order valence-electron chi connectivity index (χ1n) is 7.68. The summed E-state index contributed by atoms with van der Waals surface area (Å²) in [5.74, 6) is 0.792. The van der Waals surface area contributed by atoms with Crippen molar-refractivity contribution in [2.45, 2.75) is 37.3 Å². The van der Waals surface area contributed by atoms with Crippen molar-refractivity contribution < 1.29 is 0 Å². The molecule has 4 rings (SSSR count). The molecule has 20 heavy (non-hydrogen) atoms. The van der Waals surface area contributed by atoms with Gasteiger partial charge in [0.2, 0.25) is 0 Å². The van der Waals surface area contributed by atoms with Crippen molar-refractivity contribution in [2.24, 2.45) is 10.7 Å². The maximum Gasteiger partial charge on any atom is 0.192 e. The molecule has 106 valence electrons. The molecule has 2 aliphatic heterocycles. The Bertz CT molecular complexity index is 513. The van der Waals surface area contributed by atoms with E-state index in [0.29, 0.717) is 6.04 Å². The standard InChI is InChI=1S/C16H22N4/c17-15-18-12-16(20(15)14-6-7-14)8-10-19(11-9-16)13-4-2-1-3-5-13/h1-5,14H,6-12H2,(H2,17,18). The van der Waals surface area contributed by atoms with Gasteiger partial charge in [-0.15, -0.1) is 0 Å². The minimum atomic E-state index is 0.219. The maximum atomic E-state index is 6.13. The number of anilines is 1. The second-order valence-electron chi connectivity index (χ2n) is 6.32. The first kappa shape index (κ1) is 12.1. The fraction of sp³-hybridized carbons (Fsp3) is 0.562. The highest BCUT2D eigenvalue weighted by Crippen LogP contribution is 2.41. The molecule has 0 radical (unpaired) electrons. The van der Waals surface area contributed by atoms with Gasteiger partial charge in [0.05, 0.1) is 12.1 Å². The van der Waals surface area contributed by atoms with Crippen molar-refractivity contribution in [3.05, 3.63) is 30.3 Å². The third kappa shape index (κ3) is 1.86. The molecule has 2 N–H and O–H groups in total. The van der Waals surface area contributed by atoms with Gasteiger partial charge in [-0.2, -0.15) is 0 Å². The van der Waals surface area contributed by atoms with E-state index in [2.05, 4.69) is 45.1 Å². The minimum absolute atomic E-state index is 0.219. The van der Waals surface area contributed by atoms with Gasteiger partial charge in [0.15, 0.2) is 5.96 Å². The normalized spacial score (nSPS) is 25.1. The summed E-state index contributed by atoms with van der Waals surface area (Å²) in [7, 11) is 0. The number of nitrogens with zero attached hydrogens (tertiary/aromatic N) is 3. The van der Waals surface area contributed by atoms with Crippen LogP contribution in [0.4, 0.5) is 5.69 Å². The summed E-state index contributed by atoms with van der Waals surface area (Å²) < 4.78 is 0. The zero-order chi connectivity index (χ0) is 13.6. The Hall–Kier alpha value is -1.71. The van der Waals surface area contributed by atoms with Crippen LogP contribution in [0.25, 0.3) is 0 Å². The van der Waals surface area contributed by atoms with E-state index in [-0.39, 0.29) is 5.54 Å². The Labute approximate surface area is 120 Å². The van der Waals surface area contributed by atoms with Crippen LogP contribution in [0.3, 0.4) is 0 Å². The van der Waals surface area contributed by atoms with E-state index in [1.807, 2.05) is 0 Å². The van der Waals surface area contributed by atoms with Crippen LogP contribution in [0, 0.1) is 0 Å². The summed E-state index contributed by atoms with van der Waals surface area (Å²) in [5, 5.41) is 0. The van der Waals surface area contributed by atoms with Crippen LogP contribution in [0.2, 0.25) is 0 Å². The van der Waals surface area contributed by atoms with Gasteiger partial charge in [-0.25, -0.2) is 0 Å². The van der Waals surface area contributed by atoms with Gasteiger partial charge in [0, 0.05) is 24.8 Å². The van der Waals surface area contributed by atoms with Crippen LogP contribution in [0.5, 0.6) is 0 Å². The summed E-state index contributed by atoms with van der Waals surface area (Å²) >= 11 is 0. The molecule has 1 spiro atoms. The van der Waals surface area contributed by atoms with Crippen molar-refractivity contribution in [3.63, 3.8) is 0 Å². The number of guanidine groups is 1. The van der Waals surface area contributed by atoms with E-state index in [9.17, 15) is 0 Å². The molecule has 1 saturated carbocycles. The number of benzene rings is 1. The second-order valence-corrected chi connectivity index (χ2v) is 6.32. The summed E-state index contributed by atoms with van der Waals surface area (Å²) in [4.78, 5) is 9.50. The van der Waals surface area contributed by atoms with Crippen molar-refractivity contribution in [2.75, 3.05) is 24.5 Å². The van der Waals surface area contributed by atoms with Gasteiger partial charge in [0.1, 0.15) is 0 Å². The zero-order valence-electron chi connectivity index (χ0n) is 11.8. The average molecular weight is 270 g/mol. The molecule has 4 heteroatoms. The summed E-state index contributed by atoms with van der Waals surface area (Å²) in [6.45, 7) is 3.12. The topological polar surface area (TPSA) is 44.9 Å². The molecule has 0 atom stereocenters. The van der Waals surface area contributed by atoms with Gasteiger partial charge in [-0.1, -0.05) is 18.2 Å². The Morgan fingerprint density at radius 2 is 1.80 bits per heavy atom. The average Bonchev–Trinajstić information content (AvgIpc) is 3.27. The third-order valence-corrected chi connectivity index (χ3v) is 5.02. The fourth-order valence-corrected chi connectivity index (χ4v) is 3.75. The molecule has 2 heterocycles. The second kappa shape index (κ2) is 4.40. The van der Waals surface area contributed by atoms with E-state index in [4.69, 9.17) is 5.73 Å². The van der Waals surface area contributed by atoms with E-state index in [0.717, 1.165) is 25.6 Å². The largest absolute Gasteiger partial charge is 0.371 e. The lowest BCUT2D eigenvalue weighted by Crippen LogP contribution is -2.58. The number of piperidine rings is 1. The number of aliphatic imine (C=N–C) groups is 1. The van der Waals surface area contributed by atoms with Crippen LogP contribution in [0.15, 0.2) is 35.3 Å². The molecule has 2 fully saturated rings. The molecule has 0 bridgehead atoms. The van der Waals surface area contributed by atoms with Crippen LogP contribution in [0.1, 0.15) is 25.7 Å². The molecule has 1 aromatic carbocycles. The highest BCUT2D eigenvalue weighted by atomic mass is 15.4. The molecule has 4 nitrogen and oxygen atoms in total. The quantitative estimate of drug-likeness (QED) is 0.891. The molecule has 3 aliphatic rings. The fourth-order valence-electron chi connectivity index (χ4n) is 3.75. The molecule has 1 saturated heterocycles. The Morgan fingerprint density at radius 3 is 2.45 bits per heavy atom. The van der Waals surface area contributed by atoms with Gasteiger partial charge in [-0.05, 0) is 37.8 Å².